The Morgan fingerprint density at radius 1 is 0.786 bits per heavy atom. The molecule has 1 heterocycles. The van der Waals surface area contributed by atoms with Crippen LogP contribution in [0.5, 0.6) is 0 Å². The Morgan fingerprint density at radius 2 is 1.36 bits per heavy atom. The molecule has 80 valence electrons. The van der Waals surface area contributed by atoms with Crippen molar-refractivity contribution >= 4 is 15.9 Å². The first-order valence-corrected chi connectivity index (χ1v) is 6.72. The molecule has 0 saturated heterocycles. The molecule has 1 rings (SSSR count). The van der Waals surface area contributed by atoms with Gasteiger partial charge >= 0.3 is 0 Å². The van der Waals surface area contributed by atoms with Crippen LogP contribution in [0.1, 0.15) is 38.5 Å². The average molecular weight is 258 g/mol. The molecule has 0 aromatic carbocycles. The van der Waals surface area contributed by atoms with Gasteiger partial charge in [-0.3, -0.25) is 0 Å². The third-order valence-electron chi connectivity index (χ3n) is 2.47. The number of unbranched alkanes of at least 4 members (excludes halogenated alkanes) is 5. The van der Waals surface area contributed by atoms with Crippen molar-refractivity contribution in [2.45, 2.75) is 45.1 Å². The molecule has 14 heavy (non-hydrogen) atoms. The molecule has 2 heteroatoms. The first kappa shape index (κ1) is 11.8. The Hall–Kier alpha value is -0.240. The standard InChI is InChI=1S/C12H20BrN/c13-9-5-3-1-2-4-6-10-14-11-7-8-12-14/h7-8,11-12H,1-6,9-10H2. The van der Waals surface area contributed by atoms with Gasteiger partial charge in [-0.05, 0) is 25.0 Å². The van der Waals surface area contributed by atoms with E-state index in [1.54, 1.807) is 0 Å². The van der Waals surface area contributed by atoms with Gasteiger partial charge in [-0.2, -0.15) is 0 Å². The van der Waals surface area contributed by atoms with E-state index in [9.17, 15) is 0 Å². The predicted molar refractivity (Wildman–Crippen MR) is 65.9 cm³/mol. The number of aryl methyl sites for hydroxylation is 1. The van der Waals surface area contributed by atoms with Crippen molar-refractivity contribution in [1.29, 1.82) is 0 Å². The predicted octanol–water partition coefficient (Wildman–Crippen LogP) is 4.22. The smallest absolute Gasteiger partial charge is 0.0219 e. The fourth-order valence-corrected chi connectivity index (χ4v) is 2.01. The van der Waals surface area contributed by atoms with Crippen molar-refractivity contribution in [1.82, 2.24) is 4.57 Å². The minimum Gasteiger partial charge on any atom is -0.354 e. The Kier molecular flexibility index (Phi) is 6.85. The van der Waals surface area contributed by atoms with E-state index in [0.29, 0.717) is 0 Å². The van der Waals surface area contributed by atoms with E-state index in [4.69, 9.17) is 0 Å². The number of halogens is 1. The highest BCUT2D eigenvalue weighted by molar-refractivity contribution is 9.09. The highest BCUT2D eigenvalue weighted by atomic mass is 79.9. The van der Waals surface area contributed by atoms with E-state index >= 15 is 0 Å². The van der Waals surface area contributed by atoms with E-state index in [2.05, 4.69) is 45.0 Å². The molecule has 0 spiro atoms. The molecule has 0 N–H and O–H groups in total. The lowest BCUT2D eigenvalue weighted by atomic mass is 10.1. The molecule has 0 unspecified atom stereocenters. The molecule has 0 amide bonds. The van der Waals surface area contributed by atoms with Crippen LogP contribution < -0.4 is 0 Å². The number of hydrogen-bond donors (Lipinski definition) is 0. The van der Waals surface area contributed by atoms with Gasteiger partial charge in [0.25, 0.3) is 0 Å². The number of nitrogens with zero attached hydrogens (tertiary/aromatic N) is 1. The van der Waals surface area contributed by atoms with Crippen molar-refractivity contribution in [3.05, 3.63) is 24.5 Å². The molecular formula is C12H20BrN. The summed E-state index contributed by atoms with van der Waals surface area (Å²) in [5.74, 6) is 0. The van der Waals surface area contributed by atoms with Crippen molar-refractivity contribution in [3.63, 3.8) is 0 Å². The molecule has 0 radical (unpaired) electrons. The van der Waals surface area contributed by atoms with Crippen molar-refractivity contribution < 1.29 is 0 Å². The lowest BCUT2D eigenvalue weighted by Crippen LogP contribution is -1.93. The molecule has 1 nitrogen and oxygen atoms in total. The summed E-state index contributed by atoms with van der Waals surface area (Å²) >= 11 is 3.46. The highest BCUT2D eigenvalue weighted by Gasteiger charge is 1.91. The molecular weight excluding hydrogens is 238 g/mol. The molecule has 0 bridgehead atoms. The van der Waals surface area contributed by atoms with Gasteiger partial charge in [0, 0.05) is 24.3 Å². The lowest BCUT2D eigenvalue weighted by molar-refractivity contribution is 0.560. The maximum atomic E-state index is 3.46. The van der Waals surface area contributed by atoms with E-state index in [-0.39, 0.29) is 0 Å². The number of rotatable bonds is 8. The van der Waals surface area contributed by atoms with Gasteiger partial charge in [0.05, 0.1) is 0 Å². The van der Waals surface area contributed by atoms with Crippen LogP contribution in [-0.4, -0.2) is 9.90 Å². The van der Waals surface area contributed by atoms with Crippen LogP contribution in [0, 0.1) is 0 Å². The largest absolute Gasteiger partial charge is 0.354 e. The van der Waals surface area contributed by atoms with Gasteiger partial charge in [0.15, 0.2) is 0 Å². The Morgan fingerprint density at radius 3 is 2.00 bits per heavy atom. The minimum atomic E-state index is 1.16. The first-order chi connectivity index (χ1) is 6.93. The van der Waals surface area contributed by atoms with Crippen LogP contribution in [0.25, 0.3) is 0 Å². The fourth-order valence-electron chi connectivity index (χ4n) is 1.62. The van der Waals surface area contributed by atoms with Crippen LogP contribution >= 0.6 is 15.9 Å². The quantitative estimate of drug-likeness (QED) is 0.486. The highest BCUT2D eigenvalue weighted by Crippen LogP contribution is 2.07. The maximum absolute atomic E-state index is 3.46. The molecule has 0 aliphatic heterocycles. The summed E-state index contributed by atoms with van der Waals surface area (Å²) in [5.41, 5.74) is 0. The molecule has 1 aromatic heterocycles. The number of hydrogen-bond acceptors (Lipinski definition) is 0. The van der Waals surface area contributed by atoms with Crippen molar-refractivity contribution in [2.24, 2.45) is 0 Å². The molecule has 1 aromatic rings. The summed E-state index contributed by atoms with van der Waals surface area (Å²) in [7, 11) is 0. The molecule has 0 aliphatic carbocycles. The summed E-state index contributed by atoms with van der Waals surface area (Å²) in [6.07, 6.45) is 12.5. The zero-order chi connectivity index (χ0) is 10.1. The van der Waals surface area contributed by atoms with Crippen LogP contribution in [0.4, 0.5) is 0 Å². The first-order valence-electron chi connectivity index (χ1n) is 5.60. The second-order valence-corrected chi connectivity index (χ2v) is 4.52. The van der Waals surface area contributed by atoms with Gasteiger partial charge in [0.1, 0.15) is 0 Å². The van der Waals surface area contributed by atoms with Gasteiger partial charge in [-0.15, -0.1) is 0 Å². The third-order valence-corrected chi connectivity index (χ3v) is 3.03. The lowest BCUT2D eigenvalue weighted by Gasteiger charge is -2.02. The summed E-state index contributed by atoms with van der Waals surface area (Å²) in [6, 6.07) is 4.19. The molecule has 0 saturated carbocycles. The fraction of sp³-hybridized carbons (Fsp3) is 0.667. The van der Waals surface area contributed by atoms with E-state index < -0.39 is 0 Å². The summed E-state index contributed by atoms with van der Waals surface area (Å²) in [6.45, 7) is 1.19. The molecule has 0 atom stereocenters. The summed E-state index contributed by atoms with van der Waals surface area (Å²) < 4.78 is 2.26. The average Bonchev–Trinajstić information content (AvgIpc) is 2.69. The Labute approximate surface area is 95.6 Å². The summed E-state index contributed by atoms with van der Waals surface area (Å²) in [4.78, 5) is 0. The van der Waals surface area contributed by atoms with Crippen LogP contribution in [0.3, 0.4) is 0 Å². The van der Waals surface area contributed by atoms with Crippen molar-refractivity contribution in [2.75, 3.05) is 5.33 Å². The SMILES string of the molecule is BrCCCCCCCCn1cccc1. The zero-order valence-corrected chi connectivity index (χ0v) is 10.4. The third kappa shape index (κ3) is 5.48. The van der Waals surface area contributed by atoms with Crippen LogP contribution in [0.15, 0.2) is 24.5 Å². The number of aromatic nitrogens is 1. The van der Waals surface area contributed by atoms with Gasteiger partial charge in [0.2, 0.25) is 0 Å². The monoisotopic (exact) mass is 257 g/mol. The maximum Gasteiger partial charge on any atom is 0.0219 e. The van der Waals surface area contributed by atoms with Crippen molar-refractivity contribution in [3.8, 4) is 0 Å². The minimum absolute atomic E-state index is 1.16. The Balaban J connectivity index is 1.85. The van der Waals surface area contributed by atoms with Gasteiger partial charge in [-0.1, -0.05) is 41.6 Å². The molecule has 0 aliphatic rings. The topological polar surface area (TPSA) is 4.93 Å². The molecule has 0 fully saturated rings. The van der Waals surface area contributed by atoms with Crippen LogP contribution in [-0.2, 0) is 6.54 Å². The second kappa shape index (κ2) is 8.10. The van der Waals surface area contributed by atoms with Crippen LogP contribution in [0.2, 0.25) is 0 Å². The van der Waals surface area contributed by atoms with Gasteiger partial charge in [-0.25, -0.2) is 0 Å². The summed E-state index contributed by atoms with van der Waals surface area (Å²) in [5, 5.41) is 1.16. The van der Waals surface area contributed by atoms with Gasteiger partial charge < -0.3 is 4.57 Å². The number of alkyl halides is 1. The van der Waals surface area contributed by atoms with E-state index in [1.807, 2.05) is 0 Å². The normalized spacial score (nSPS) is 10.6. The second-order valence-electron chi connectivity index (χ2n) is 3.73. The zero-order valence-electron chi connectivity index (χ0n) is 8.79. The van der Waals surface area contributed by atoms with E-state index in [0.717, 1.165) is 5.33 Å². The Bertz CT molecular complexity index is 206. The van der Waals surface area contributed by atoms with E-state index in [1.165, 1.54) is 45.1 Å².